The lowest BCUT2D eigenvalue weighted by atomic mass is 10.1. The molecule has 0 amide bonds. The molecule has 0 bridgehead atoms. The molecule has 4 heteroatoms. The molecule has 0 fully saturated rings. The van der Waals surface area contributed by atoms with Gasteiger partial charge < -0.3 is 10.2 Å². The third-order valence-electron chi connectivity index (χ3n) is 1.97. The highest BCUT2D eigenvalue weighted by Gasteiger charge is 2.08. The Labute approximate surface area is 82.1 Å². The van der Waals surface area contributed by atoms with Crippen molar-refractivity contribution in [2.45, 2.75) is 20.3 Å². The minimum atomic E-state index is 0.427. The Balaban J connectivity index is 2.47. The van der Waals surface area contributed by atoms with Crippen molar-refractivity contribution in [2.75, 3.05) is 5.73 Å². The first-order chi connectivity index (χ1) is 6.66. The van der Waals surface area contributed by atoms with E-state index in [9.17, 15) is 0 Å². The van der Waals surface area contributed by atoms with Gasteiger partial charge in [-0.15, -0.1) is 0 Å². The van der Waals surface area contributed by atoms with Crippen LogP contribution >= 0.6 is 0 Å². The molecule has 2 rings (SSSR count). The van der Waals surface area contributed by atoms with Crippen LogP contribution in [0.2, 0.25) is 0 Å². The van der Waals surface area contributed by atoms with Crippen molar-refractivity contribution >= 4 is 16.9 Å². The van der Waals surface area contributed by atoms with Crippen LogP contribution in [0.15, 0.2) is 16.7 Å². The zero-order chi connectivity index (χ0) is 10.1. The van der Waals surface area contributed by atoms with Gasteiger partial charge in [-0.3, -0.25) is 0 Å². The number of hydrogen-bond acceptors (Lipinski definition) is 4. The molecule has 0 aliphatic carbocycles. The molecule has 0 unspecified atom stereocenters. The zero-order valence-corrected chi connectivity index (χ0v) is 8.32. The van der Waals surface area contributed by atoms with Gasteiger partial charge in [0.2, 0.25) is 0 Å². The maximum atomic E-state index is 5.73. The number of nitrogens with two attached hydrogens (primary N) is 1. The lowest BCUT2D eigenvalue weighted by molar-refractivity contribution is 0.607. The molecule has 2 aromatic heterocycles. The van der Waals surface area contributed by atoms with Crippen LogP contribution in [-0.2, 0) is 6.42 Å². The molecule has 2 N–H and O–H groups in total. The summed E-state index contributed by atoms with van der Waals surface area (Å²) in [6.07, 6.45) is 2.42. The van der Waals surface area contributed by atoms with Crippen LogP contribution in [0.1, 0.15) is 19.7 Å². The Kier molecular flexibility index (Phi) is 2.11. The Morgan fingerprint density at radius 3 is 2.93 bits per heavy atom. The summed E-state index contributed by atoms with van der Waals surface area (Å²) < 4.78 is 5.16. The van der Waals surface area contributed by atoms with Gasteiger partial charge in [-0.1, -0.05) is 13.8 Å². The van der Waals surface area contributed by atoms with E-state index in [2.05, 4.69) is 23.8 Å². The Morgan fingerprint density at radius 2 is 2.21 bits per heavy atom. The zero-order valence-electron chi connectivity index (χ0n) is 8.32. The van der Waals surface area contributed by atoms with Gasteiger partial charge >= 0.3 is 0 Å². The standard InChI is InChI=1S/C10H13N3O/c1-6(2)5-8-12-7-3-4-14-9(7)10(11)13-8/h3-4,6H,5H2,1-2H3,(H2,11,12,13). The number of furan rings is 1. The van der Waals surface area contributed by atoms with Crippen LogP contribution in [0, 0.1) is 5.92 Å². The normalized spacial score (nSPS) is 11.4. The minimum absolute atomic E-state index is 0.427. The molecule has 0 radical (unpaired) electrons. The largest absolute Gasteiger partial charge is 0.459 e. The maximum absolute atomic E-state index is 5.73. The highest BCUT2D eigenvalue weighted by Crippen LogP contribution is 2.19. The van der Waals surface area contributed by atoms with Crippen molar-refractivity contribution in [2.24, 2.45) is 5.92 Å². The average molecular weight is 191 g/mol. The van der Waals surface area contributed by atoms with Crippen LogP contribution in [0.3, 0.4) is 0 Å². The van der Waals surface area contributed by atoms with Gasteiger partial charge in [0.05, 0.1) is 6.26 Å². The predicted octanol–water partition coefficient (Wildman–Crippen LogP) is 2.00. The molecule has 14 heavy (non-hydrogen) atoms. The molecule has 0 aliphatic rings. The van der Waals surface area contributed by atoms with E-state index in [0.717, 1.165) is 17.8 Å². The predicted molar refractivity (Wildman–Crippen MR) is 54.8 cm³/mol. The summed E-state index contributed by atoms with van der Waals surface area (Å²) in [7, 11) is 0. The second kappa shape index (κ2) is 3.29. The van der Waals surface area contributed by atoms with Gasteiger partial charge in [0.25, 0.3) is 0 Å². The first-order valence-electron chi connectivity index (χ1n) is 4.66. The molecule has 2 aromatic rings. The van der Waals surface area contributed by atoms with E-state index in [-0.39, 0.29) is 0 Å². The molecule has 0 aliphatic heterocycles. The summed E-state index contributed by atoms with van der Waals surface area (Å²) >= 11 is 0. The second-order valence-corrected chi connectivity index (χ2v) is 3.76. The number of nitrogens with zero attached hydrogens (tertiary/aromatic N) is 2. The van der Waals surface area contributed by atoms with Crippen molar-refractivity contribution in [1.82, 2.24) is 9.97 Å². The Hall–Kier alpha value is -1.58. The highest BCUT2D eigenvalue weighted by molar-refractivity contribution is 5.81. The Morgan fingerprint density at radius 1 is 1.43 bits per heavy atom. The van der Waals surface area contributed by atoms with Gasteiger partial charge in [0.15, 0.2) is 11.4 Å². The molecule has 0 aromatic carbocycles. The van der Waals surface area contributed by atoms with E-state index in [4.69, 9.17) is 10.2 Å². The summed E-state index contributed by atoms with van der Waals surface area (Å²) in [5, 5.41) is 0. The van der Waals surface area contributed by atoms with Gasteiger partial charge in [-0.25, -0.2) is 9.97 Å². The van der Waals surface area contributed by atoms with E-state index in [1.54, 1.807) is 12.3 Å². The Bertz CT molecular complexity index is 448. The molecular weight excluding hydrogens is 178 g/mol. The minimum Gasteiger partial charge on any atom is -0.459 e. The molecular formula is C10H13N3O. The quantitative estimate of drug-likeness (QED) is 0.788. The van der Waals surface area contributed by atoms with Gasteiger partial charge in [-0.2, -0.15) is 0 Å². The van der Waals surface area contributed by atoms with Gasteiger partial charge in [-0.05, 0) is 5.92 Å². The summed E-state index contributed by atoms with van der Waals surface area (Å²) in [6.45, 7) is 4.25. The molecule has 4 nitrogen and oxygen atoms in total. The fraction of sp³-hybridized carbons (Fsp3) is 0.400. The van der Waals surface area contributed by atoms with E-state index in [0.29, 0.717) is 17.3 Å². The lowest BCUT2D eigenvalue weighted by Gasteiger charge is -2.03. The van der Waals surface area contributed by atoms with Crippen molar-refractivity contribution in [3.63, 3.8) is 0 Å². The number of rotatable bonds is 2. The SMILES string of the molecule is CC(C)Cc1nc(N)c2occc2n1. The van der Waals surface area contributed by atoms with E-state index < -0.39 is 0 Å². The number of aromatic nitrogens is 2. The molecule has 0 spiro atoms. The molecule has 0 saturated heterocycles. The monoisotopic (exact) mass is 191 g/mol. The average Bonchev–Trinajstić information content (AvgIpc) is 2.50. The third kappa shape index (κ3) is 1.55. The highest BCUT2D eigenvalue weighted by atomic mass is 16.3. The number of hydrogen-bond donors (Lipinski definition) is 1. The van der Waals surface area contributed by atoms with Gasteiger partial charge in [0, 0.05) is 12.5 Å². The number of nitrogen functional groups attached to an aromatic ring is 1. The van der Waals surface area contributed by atoms with Crippen molar-refractivity contribution in [3.05, 3.63) is 18.2 Å². The van der Waals surface area contributed by atoms with Crippen LogP contribution < -0.4 is 5.73 Å². The second-order valence-electron chi connectivity index (χ2n) is 3.76. The number of anilines is 1. The van der Waals surface area contributed by atoms with E-state index in [1.165, 1.54) is 0 Å². The molecule has 0 atom stereocenters. The fourth-order valence-corrected chi connectivity index (χ4v) is 1.39. The summed E-state index contributed by atoms with van der Waals surface area (Å²) in [5.74, 6) is 1.74. The lowest BCUT2D eigenvalue weighted by Crippen LogP contribution is -2.03. The third-order valence-corrected chi connectivity index (χ3v) is 1.97. The summed E-state index contributed by atoms with van der Waals surface area (Å²) in [6, 6.07) is 1.80. The van der Waals surface area contributed by atoms with Crippen LogP contribution in [0.25, 0.3) is 11.1 Å². The molecule has 74 valence electrons. The summed E-state index contributed by atoms with van der Waals surface area (Å²) in [4.78, 5) is 8.54. The topological polar surface area (TPSA) is 64.9 Å². The smallest absolute Gasteiger partial charge is 0.194 e. The molecule has 0 saturated carbocycles. The summed E-state index contributed by atoms with van der Waals surface area (Å²) in [5.41, 5.74) is 7.10. The van der Waals surface area contributed by atoms with Crippen molar-refractivity contribution in [3.8, 4) is 0 Å². The number of fused-ring (bicyclic) bond motifs is 1. The van der Waals surface area contributed by atoms with Crippen molar-refractivity contribution < 1.29 is 4.42 Å². The van der Waals surface area contributed by atoms with Crippen LogP contribution in [0.5, 0.6) is 0 Å². The van der Waals surface area contributed by atoms with Crippen LogP contribution in [-0.4, -0.2) is 9.97 Å². The van der Waals surface area contributed by atoms with E-state index in [1.807, 2.05) is 0 Å². The fourth-order valence-electron chi connectivity index (χ4n) is 1.39. The van der Waals surface area contributed by atoms with Gasteiger partial charge in [0.1, 0.15) is 11.3 Å². The maximum Gasteiger partial charge on any atom is 0.194 e. The van der Waals surface area contributed by atoms with Crippen molar-refractivity contribution in [1.29, 1.82) is 0 Å². The van der Waals surface area contributed by atoms with Crippen LogP contribution in [0.4, 0.5) is 5.82 Å². The first-order valence-corrected chi connectivity index (χ1v) is 4.66. The first kappa shape index (κ1) is 8.99. The molecule has 2 heterocycles. The van der Waals surface area contributed by atoms with E-state index >= 15 is 0 Å².